The van der Waals surface area contributed by atoms with Crippen LogP contribution >= 0.6 is 11.3 Å². The Hall–Kier alpha value is -0.870. The Morgan fingerprint density at radius 2 is 2.19 bits per heavy atom. The molecule has 1 rings (SSSR count). The lowest BCUT2D eigenvalue weighted by Crippen LogP contribution is -2.30. The van der Waals surface area contributed by atoms with Crippen LogP contribution in [-0.4, -0.2) is 19.1 Å². The lowest BCUT2D eigenvalue weighted by atomic mass is 10.2. The summed E-state index contributed by atoms with van der Waals surface area (Å²) >= 11 is 1.78. The normalized spacial score (nSPS) is 14.5. The van der Waals surface area contributed by atoms with E-state index in [1.54, 1.807) is 11.3 Å². The third-order valence-electron chi connectivity index (χ3n) is 2.42. The molecule has 2 atom stereocenters. The van der Waals surface area contributed by atoms with Gasteiger partial charge < -0.3 is 10.1 Å². The number of ether oxygens (including phenoxy) is 1. The van der Waals surface area contributed by atoms with E-state index in [1.807, 2.05) is 6.92 Å². The first kappa shape index (κ1) is 13.2. The van der Waals surface area contributed by atoms with Crippen molar-refractivity contribution in [2.24, 2.45) is 0 Å². The van der Waals surface area contributed by atoms with Gasteiger partial charge in [-0.05, 0) is 32.9 Å². The number of nitrogens with one attached hydrogen (secondary N) is 1. The standard InChI is InChI=1S/C12H19NO2S/c1-8(7-12(14)15-4)13-10(3)11-6-5-9(2)16-11/h5-6,8,10,13H,7H2,1-4H3. The Kier molecular flexibility index (Phi) is 4.96. The third-order valence-corrected chi connectivity index (χ3v) is 3.61. The molecule has 16 heavy (non-hydrogen) atoms. The number of carbonyl (C=O) groups is 1. The van der Waals surface area contributed by atoms with Crippen molar-refractivity contribution in [2.45, 2.75) is 39.3 Å². The summed E-state index contributed by atoms with van der Waals surface area (Å²) in [6.45, 7) is 6.20. The molecule has 0 spiro atoms. The van der Waals surface area contributed by atoms with Crippen molar-refractivity contribution in [2.75, 3.05) is 7.11 Å². The quantitative estimate of drug-likeness (QED) is 0.805. The molecule has 90 valence electrons. The summed E-state index contributed by atoms with van der Waals surface area (Å²) in [5.41, 5.74) is 0. The van der Waals surface area contributed by atoms with Gasteiger partial charge in [0.1, 0.15) is 0 Å². The van der Waals surface area contributed by atoms with Gasteiger partial charge in [0.05, 0.1) is 13.5 Å². The predicted molar refractivity (Wildman–Crippen MR) is 66.7 cm³/mol. The maximum Gasteiger partial charge on any atom is 0.307 e. The molecule has 1 aromatic rings. The zero-order valence-electron chi connectivity index (χ0n) is 10.2. The molecule has 1 N–H and O–H groups in total. The molecule has 0 aromatic carbocycles. The van der Waals surface area contributed by atoms with Crippen LogP contribution < -0.4 is 5.32 Å². The Bertz CT molecular complexity index is 349. The van der Waals surface area contributed by atoms with E-state index in [4.69, 9.17) is 0 Å². The van der Waals surface area contributed by atoms with Crippen molar-refractivity contribution in [3.05, 3.63) is 21.9 Å². The zero-order chi connectivity index (χ0) is 12.1. The number of thiophene rings is 1. The van der Waals surface area contributed by atoms with Crippen LogP contribution in [0.25, 0.3) is 0 Å². The highest BCUT2D eigenvalue weighted by Crippen LogP contribution is 2.22. The lowest BCUT2D eigenvalue weighted by Gasteiger charge is -2.18. The highest BCUT2D eigenvalue weighted by Gasteiger charge is 2.13. The Morgan fingerprint density at radius 1 is 1.50 bits per heavy atom. The van der Waals surface area contributed by atoms with Crippen molar-refractivity contribution in [1.82, 2.24) is 5.32 Å². The summed E-state index contributed by atoms with van der Waals surface area (Å²) in [7, 11) is 1.42. The monoisotopic (exact) mass is 241 g/mol. The molecule has 0 aliphatic rings. The smallest absolute Gasteiger partial charge is 0.307 e. The molecular weight excluding hydrogens is 222 g/mol. The van der Waals surface area contributed by atoms with Crippen molar-refractivity contribution < 1.29 is 9.53 Å². The fourth-order valence-electron chi connectivity index (χ4n) is 1.59. The first-order valence-electron chi connectivity index (χ1n) is 5.42. The van der Waals surface area contributed by atoms with Gasteiger partial charge in [0.2, 0.25) is 0 Å². The number of rotatable bonds is 5. The molecule has 0 fully saturated rings. The van der Waals surface area contributed by atoms with E-state index < -0.39 is 0 Å². The van der Waals surface area contributed by atoms with Crippen LogP contribution in [0.5, 0.6) is 0 Å². The molecule has 0 radical (unpaired) electrons. The van der Waals surface area contributed by atoms with E-state index >= 15 is 0 Å². The maximum atomic E-state index is 11.1. The first-order valence-corrected chi connectivity index (χ1v) is 6.23. The van der Waals surface area contributed by atoms with Crippen LogP contribution in [0.1, 0.15) is 36.1 Å². The van der Waals surface area contributed by atoms with Crippen molar-refractivity contribution in [3.63, 3.8) is 0 Å². The Labute approximate surface area is 101 Å². The molecule has 3 nitrogen and oxygen atoms in total. The molecule has 0 saturated heterocycles. The number of hydrogen-bond acceptors (Lipinski definition) is 4. The van der Waals surface area contributed by atoms with Gasteiger partial charge in [-0.1, -0.05) is 0 Å². The summed E-state index contributed by atoms with van der Waals surface area (Å²) in [6.07, 6.45) is 0.408. The largest absolute Gasteiger partial charge is 0.469 e. The fourth-order valence-corrected chi connectivity index (χ4v) is 2.48. The van der Waals surface area contributed by atoms with E-state index in [2.05, 4.69) is 36.0 Å². The highest BCUT2D eigenvalue weighted by atomic mass is 32.1. The second-order valence-corrected chi connectivity index (χ2v) is 5.34. The minimum absolute atomic E-state index is 0.129. The van der Waals surface area contributed by atoms with E-state index in [0.29, 0.717) is 6.42 Å². The van der Waals surface area contributed by atoms with Crippen LogP contribution in [0.4, 0.5) is 0 Å². The third kappa shape index (κ3) is 3.94. The van der Waals surface area contributed by atoms with E-state index in [-0.39, 0.29) is 18.1 Å². The van der Waals surface area contributed by atoms with Gasteiger partial charge in [0.25, 0.3) is 0 Å². The molecule has 2 unspecified atom stereocenters. The van der Waals surface area contributed by atoms with Crippen LogP contribution in [0.2, 0.25) is 0 Å². The molecule has 4 heteroatoms. The number of hydrogen-bond donors (Lipinski definition) is 1. The van der Waals surface area contributed by atoms with Crippen molar-refractivity contribution in [1.29, 1.82) is 0 Å². The second kappa shape index (κ2) is 6.01. The zero-order valence-corrected chi connectivity index (χ0v) is 11.1. The average Bonchev–Trinajstić information content (AvgIpc) is 2.64. The number of carbonyl (C=O) groups excluding carboxylic acids is 1. The SMILES string of the molecule is COC(=O)CC(C)NC(C)c1ccc(C)s1. The van der Waals surface area contributed by atoms with Gasteiger partial charge in [-0.3, -0.25) is 4.79 Å². The maximum absolute atomic E-state index is 11.1. The summed E-state index contributed by atoms with van der Waals surface area (Å²) in [6, 6.07) is 4.65. The topological polar surface area (TPSA) is 38.3 Å². The van der Waals surface area contributed by atoms with Crippen molar-refractivity contribution >= 4 is 17.3 Å². The molecule has 0 saturated carbocycles. The minimum atomic E-state index is -0.172. The fraction of sp³-hybridized carbons (Fsp3) is 0.583. The molecule has 0 aliphatic heterocycles. The van der Waals surface area contributed by atoms with E-state index in [9.17, 15) is 4.79 Å². The van der Waals surface area contributed by atoms with Gasteiger partial charge in [0.15, 0.2) is 0 Å². The average molecular weight is 241 g/mol. The summed E-state index contributed by atoms with van der Waals surface area (Å²) in [5, 5.41) is 3.38. The summed E-state index contributed by atoms with van der Waals surface area (Å²) in [4.78, 5) is 13.7. The molecule has 1 aromatic heterocycles. The van der Waals surface area contributed by atoms with Crippen LogP contribution in [-0.2, 0) is 9.53 Å². The molecular formula is C12H19NO2S. The predicted octanol–water partition coefficient (Wildman–Crippen LogP) is 2.66. The van der Waals surface area contributed by atoms with Gasteiger partial charge >= 0.3 is 5.97 Å². The minimum Gasteiger partial charge on any atom is -0.469 e. The lowest BCUT2D eigenvalue weighted by molar-refractivity contribution is -0.141. The van der Waals surface area contributed by atoms with Crippen LogP contribution in [0.15, 0.2) is 12.1 Å². The molecule has 0 amide bonds. The summed E-state index contributed by atoms with van der Waals surface area (Å²) < 4.78 is 4.64. The van der Waals surface area contributed by atoms with E-state index in [1.165, 1.54) is 16.9 Å². The van der Waals surface area contributed by atoms with Crippen LogP contribution in [0.3, 0.4) is 0 Å². The number of esters is 1. The van der Waals surface area contributed by atoms with Gasteiger partial charge in [-0.15, -0.1) is 11.3 Å². The Morgan fingerprint density at radius 3 is 2.69 bits per heavy atom. The second-order valence-electron chi connectivity index (χ2n) is 4.02. The Balaban J connectivity index is 2.45. The van der Waals surface area contributed by atoms with E-state index in [0.717, 1.165) is 0 Å². The van der Waals surface area contributed by atoms with Gasteiger partial charge in [0, 0.05) is 21.8 Å². The van der Waals surface area contributed by atoms with Crippen LogP contribution in [0, 0.1) is 6.92 Å². The molecule has 0 aliphatic carbocycles. The van der Waals surface area contributed by atoms with Gasteiger partial charge in [-0.25, -0.2) is 0 Å². The molecule has 1 heterocycles. The van der Waals surface area contributed by atoms with Crippen molar-refractivity contribution in [3.8, 4) is 0 Å². The highest BCUT2D eigenvalue weighted by molar-refractivity contribution is 7.12. The van der Waals surface area contributed by atoms with Gasteiger partial charge in [-0.2, -0.15) is 0 Å². The number of methoxy groups -OCH3 is 1. The molecule has 0 bridgehead atoms. The number of aryl methyl sites for hydroxylation is 1. The first-order chi connectivity index (χ1) is 7.52. The summed E-state index contributed by atoms with van der Waals surface area (Å²) in [5.74, 6) is -0.172.